The molecule has 3 amide bonds. The monoisotopic (exact) mass is 697 g/mol. The molecule has 16 heteroatoms. The fraction of sp³-hybridized carbons (Fsp3) is 0.200. The summed E-state index contributed by atoms with van der Waals surface area (Å²) in [5.41, 5.74) is -1.97. The molecule has 46 heavy (non-hydrogen) atoms. The predicted molar refractivity (Wildman–Crippen MR) is 159 cm³/mol. The van der Waals surface area contributed by atoms with Crippen LogP contribution >= 0.6 is 34.7 Å². The van der Waals surface area contributed by atoms with Gasteiger partial charge in [0.05, 0.1) is 27.8 Å². The van der Waals surface area contributed by atoms with E-state index in [1.165, 1.54) is 12.1 Å². The molecular weight excluding hydrogens is 680 g/mol. The van der Waals surface area contributed by atoms with Crippen molar-refractivity contribution in [3.8, 4) is 0 Å². The van der Waals surface area contributed by atoms with Crippen LogP contribution in [0.5, 0.6) is 0 Å². The molecule has 0 unspecified atom stereocenters. The Morgan fingerprint density at radius 2 is 1.48 bits per heavy atom. The number of anilines is 2. The number of hydrogen-bond donors (Lipinski definition) is 1. The van der Waals surface area contributed by atoms with Gasteiger partial charge in [-0.2, -0.15) is 26.3 Å². The standard InChI is InChI=1S/C30H18ClF6N3O4S2/c31-17-9-7-14(8-10-17)21-22-23(26(43)40(25(22)42)19-6-2-4-16(12-19)30(35,36)37)45-27-24(21)46-28(44)39(27)13-20(41)38-18-5-1-3-15(11-18)29(32,33)34/h1-12,21-23H,13H2,(H,38,41)/t21-,22+,23-/m0/s1. The zero-order valence-electron chi connectivity index (χ0n) is 22.9. The van der Waals surface area contributed by atoms with Crippen molar-refractivity contribution >= 4 is 63.8 Å². The molecule has 4 aromatic rings. The zero-order chi connectivity index (χ0) is 33.1. The summed E-state index contributed by atoms with van der Waals surface area (Å²) in [5, 5.41) is 1.71. The predicted octanol–water partition coefficient (Wildman–Crippen LogP) is 7.04. The van der Waals surface area contributed by atoms with Gasteiger partial charge >= 0.3 is 17.2 Å². The maximum Gasteiger partial charge on any atom is 0.416 e. The third-order valence-electron chi connectivity index (χ3n) is 7.49. The van der Waals surface area contributed by atoms with Crippen LogP contribution in [0.15, 0.2) is 82.6 Å². The summed E-state index contributed by atoms with van der Waals surface area (Å²) in [4.78, 5) is 54.3. The number of rotatable bonds is 5. The first-order chi connectivity index (χ1) is 21.6. The summed E-state index contributed by atoms with van der Waals surface area (Å²) in [7, 11) is 0. The Balaban J connectivity index is 1.38. The van der Waals surface area contributed by atoms with Crippen LogP contribution in [0.3, 0.4) is 0 Å². The molecule has 0 spiro atoms. The number of nitrogens with zero attached hydrogens (tertiary/aromatic N) is 2. The molecule has 0 bridgehead atoms. The Labute approximate surface area is 268 Å². The van der Waals surface area contributed by atoms with Gasteiger partial charge in [-0.25, -0.2) is 4.90 Å². The lowest BCUT2D eigenvalue weighted by Crippen LogP contribution is -2.33. The van der Waals surface area contributed by atoms with E-state index in [-0.39, 0.29) is 16.4 Å². The fourth-order valence-corrected chi connectivity index (χ4v) is 8.38. The Morgan fingerprint density at radius 1 is 0.848 bits per heavy atom. The topological polar surface area (TPSA) is 88.5 Å². The van der Waals surface area contributed by atoms with Crippen molar-refractivity contribution in [2.45, 2.75) is 35.1 Å². The van der Waals surface area contributed by atoms with Crippen molar-refractivity contribution in [3.63, 3.8) is 0 Å². The van der Waals surface area contributed by atoms with Gasteiger partial charge in [-0.05, 0) is 54.1 Å². The number of hydrogen-bond acceptors (Lipinski definition) is 6. The normalized spacial score (nSPS) is 19.6. The number of halogens is 7. The van der Waals surface area contributed by atoms with Gasteiger partial charge in [0.2, 0.25) is 17.7 Å². The number of thioether (sulfide) groups is 1. The van der Waals surface area contributed by atoms with Gasteiger partial charge in [0.25, 0.3) is 0 Å². The second kappa shape index (κ2) is 11.6. The van der Waals surface area contributed by atoms with Crippen molar-refractivity contribution in [2.75, 3.05) is 10.2 Å². The van der Waals surface area contributed by atoms with Gasteiger partial charge in [0.1, 0.15) is 11.8 Å². The molecule has 2 aliphatic rings. The molecule has 0 radical (unpaired) electrons. The molecule has 6 rings (SSSR count). The number of imide groups is 1. The molecule has 1 aromatic heterocycles. The first kappa shape index (κ1) is 31.9. The van der Waals surface area contributed by atoms with Crippen LogP contribution in [-0.4, -0.2) is 27.5 Å². The first-order valence-electron chi connectivity index (χ1n) is 13.3. The molecule has 3 atom stereocenters. The van der Waals surface area contributed by atoms with Crippen molar-refractivity contribution in [1.29, 1.82) is 0 Å². The van der Waals surface area contributed by atoms with Crippen LogP contribution in [0.1, 0.15) is 27.5 Å². The van der Waals surface area contributed by atoms with E-state index in [0.29, 0.717) is 26.4 Å². The minimum Gasteiger partial charge on any atom is -0.325 e. The number of carbonyl (C=O) groups excluding carboxylic acids is 3. The number of fused-ring (bicyclic) bond motifs is 2. The molecule has 1 fully saturated rings. The third kappa shape index (κ3) is 5.82. The molecular formula is C30H18ClF6N3O4S2. The fourth-order valence-electron chi connectivity index (χ4n) is 5.48. The SMILES string of the molecule is O=C(Cn1c2c(sc1=O)[C@@H](c1ccc(Cl)cc1)[C@H]1C(=O)N(c3cccc(C(F)(F)F)c3)C(=O)[C@H]1S2)Nc1cccc(C(F)(F)F)c1. The Morgan fingerprint density at radius 3 is 2.13 bits per heavy atom. The highest BCUT2D eigenvalue weighted by Crippen LogP contribution is 2.54. The number of alkyl halides is 6. The molecule has 0 saturated carbocycles. The van der Waals surface area contributed by atoms with Crippen LogP contribution in [0, 0.1) is 5.92 Å². The average Bonchev–Trinajstić information content (AvgIpc) is 3.43. The van der Waals surface area contributed by atoms with E-state index in [4.69, 9.17) is 11.6 Å². The van der Waals surface area contributed by atoms with Crippen LogP contribution in [0.4, 0.5) is 37.7 Å². The maximum atomic E-state index is 13.9. The summed E-state index contributed by atoms with van der Waals surface area (Å²) in [5.74, 6) is -4.42. The third-order valence-corrected chi connectivity index (χ3v) is 10.3. The van der Waals surface area contributed by atoms with Gasteiger partial charge in [0, 0.05) is 21.5 Å². The number of carbonyl (C=O) groups is 3. The van der Waals surface area contributed by atoms with Crippen LogP contribution in [0.2, 0.25) is 5.02 Å². The molecule has 3 heterocycles. The number of thiazole rings is 1. The van der Waals surface area contributed by atoms with E-state index in [0.717, 1.165) is 58.0 Å². The van der Waals surface area contributed by atoms with E-state index in [9.17, 15) is 45.5 Å². The van der Waals surface area contributed by atoms with Gasteiger partial charge in [0.15, 0.2) is 0 Å². The van der Waals surface area contributed by atoms with Crippen LogP contribution < -0.4 is 15.1 Å². The Kier molecular flexibility index (Phi) is 8.05. The largest absolute Gasteiger partial charge is 0.416 e. The minimum absolute atomic E-state index is 0.156. The highest BCUT2D eigenvalue weighted by atomic mass is 35.5. The van der Waals surface area contributed by atoms with Crippen LogP contribution in [0.25, 0.3) is 0 Å². The quantitative estimate of drug-likeness (QED) is 0.179. The molecule has 0 aliphatic carbocycles. The molecule has 238 valence electrons. The summed E-state index contributed by atoms with van der Waals surface area (Å²) in [6.45, 7) is -0.627. The highest BCUT2D eigenvalue weighted by Gasteiger charge is 2.57. The summed E-state index contributed by atoms with van der Waals surface area (Å²) < 4.78 is 81.0. The molecule has 1 N–H and O–H groups in total. The van der Waals surface area contributed by atoms with E-state index in [1.54, 1.807) is 24.3 Å². The second-order valence-corrected chi connectivity index (χ2v) is 13.0. The van der Waals surface area contributed by atoms with Gasteiger partial charge in [-0.3, -0.25) is 23.7 Å². The lowest BCUT2D eigenvalue weighted by atomic mass is 9.83. The Hall–Kier alpha value is -4.08. The maximum absolute atomic E-state index is 13.9. The van der Waals surface area contributed by atoms with E-state index >= 15 is 0 Å². The van der Waals surface area contributed by atoms with Crippen molar-refractivity contribution in [1.82, 2.24) is 4.57 Å². The zero-order valence-corrected chi connectivity index (χ0v) is 25.2. The number of amides is 3. The number of benzene rings is 3. The lowest BCUT2D eigenvalue weighted by molar-refractivity contribution is -0.138. The van der Waals surface area contributed by atoms with E-state index in [2.05, 4.69) is 5.32 Å². The highest BCUT2D eigenvalue weighted by molar-refractivity contribution is 8.00. The van der Waals surface area contributed by atoms with Crippen molar-refractivity contribution < 1.29 is 40.7 Å². The summed E-state index contributed by atoms with van der Waals surface area (Å²) in [6.07, 6.45) is -9.38. The van der Waals surface area contributed by atoms with Crippen molar-refractivity contribution in [2.24, 2.45) is 5.92 Å². The van der Waals surface area contributed by atoms with Gasteiger partial charge < -0.3 is 5.32 Å². The van der Waals surface area contributed by atoms with E-state index in [1.807, 2.05) is 0 Å². The Bertz CT molecular complexity index is 1940. The van der Waals surface area contributed by atoms with E-state index < -0.39 is 69.7 Å². The second-order valence-electron chi connectivity index (χ2n) is 10.4. The first-order valence-corrected chi connectivity index (χ1v) is 15.4. The van der Waals surface area contributed by atoms with Gasteiger partial charge in [-0.1, -0.05) is 59.0 Å². The summed E-state index contributed by atoms with van der Waals surface area (Å²) >= 11 is 7.64. The number of aromatic nitrogens is 1. The number of nitrogens with one attached hydrogen (secondary N) is 1. The molecule has 1 saturated heterocycles. The minimum atomic E-state index is -4.73. The van der Waals surface area contributed by atoms with Gasteiger partial charge in [-0.15, -0.1) is 0 Å². The molecule has 3 aromatic carbocycles. The average molecular weight is 698 g/mol. The summed E-state index contributed by atoms with van der Waals surface area (Å²) in [6, 6.07) is 14.0. The van der Waals surface area contributed by atoms with Crippen molar-refractivity contribution in [3.05, 3.63) is 109 Å². The lowest BCUT2D eigenvalue weighted by Gasteiger charge is -2.30. The molecule has 7 nitrogen and oxygen atoms in total. The van der Waals surface area contributed by atoms with Crippen LogP contribution in [-0.2, 0) is 33.3 Å². The smallest absolute Gasteiger partial charge is 0.325 e. The molecule has 2 aliphatic heterocycles.